The number of rotatable bonds is 5. The molecule has 0 bridgehead atoms. The van der Waals surface area contributed by atoms with Crippen LogP contribution in [-0.4, -0.2) is 30.7 Å². The highest BCUT2D eigenvalue weighted by atomic mass is 16.4. The van der Waals surface area contributed by atoms with Crippen molar-refractivity contribution >= 4 is 5.97 Å². The van der Waals surface area contributed by atoms with Gasteiger partial charge in [-0.25, -0.2) is 4.79 Å². The molecule has 0 aromatic heterocycles. The van der Waals surface area contributed by atoms with E-state index in [1.807, 2.05) is 0 Å². The van der Waals surface area contributed by atoms with Crippen LogP contribution in [0.5, 0.6) is 0 Å². The Morgan fingerprint density at radius 1 is 1.73 bits per heavy atom. The molecule has 0 aliphatic carbocycles. The van der Waals surface area contributed by atoms with Gasteiger partial charge in [-0.1, -0.05) is 6.08 Å². The van der Waals surface area contributed by atoms with Gasteiger partial charge in [-0.3, -0.25) is 0 Å². The average molecular weight is 158 g/mol. The van der Waals surface area contributed by atoms with Gasteiger partial charge < -0.3 is 16.2 Å². The molecule has 0 aromatic carbocycles. The van der Waals surface area contributed by atoms with Crippen LogP contribution in [0, 0.1) is 0 Å². The molecule has 64 valence electrons. The Hall–Kier alpha value is -0.870. The van der Waals surface area contributed by atoms with Gasteiger partial charge in [0.15, 0.2) is 0 Å². The third-order valence-corrected chi connectivity index (χ3v) is 1.21. The molecule has 0 aliphatic rings. The predicted octanol–water partition coefficient (Wildman–Crippen LogP) is -0.434. The molecule has 0 heterocycles. The summed E-state index contributed by atoms with van der Waals surface area (Å²) < 4.78 is 0. The maximum Gasteiger partial charge on any atom is 0.330 e. The summed E-state index contributed by atoms with van der Waals surface area (Å²) in [5.41, 5.74) is 5.56. The molecule has 0 aliphatic heterocycles. The first kappa shape index (κ1) is 10.1. The molecule has 0 saturated carbocycles. The lowest BCUT2D eigenvalue weighted by Crippen LogP contribution is -2.22. The highest BCUT2D eigenvalue weighted by Gasteiger charge is 1.96. The van der Waals surface area contributed by atoms with Crippen LogP contribution in [0.3, 0.4) is 0 Å². The third kappa shape index (κ3) is 5.57. The Kier molecular flexibility index (Phi) is 5.42. The fourth-order valence-electron chi connectivity index (χ4n) is 0.517. The minimum Gasteiger partial charge on any atom is -0.478 e. The summed E-state index contributed by atoms with van der Waals surface area (Å²) in [5.74, 6) is -0.875. The number of hydrogen-bond donors (Lipinski definition) is 3. The topological polar surface area (TPSA) is 75.3 Å². The zero-order chi connectivity index (χ0) is 8.69. The SMILES string of the molecule is CC(=CCNCCN)C(=O)O. The van der Waals surface area contributed by atoms with Gasteiger partial charge in [-0.05, 0) is 6.92 Å². The standard InChI is InChI=1S/C7H14N2O2/c1-6(7(10)11)2-4-9-5-3-8/h2,9H,3-5,8H2,1H3,(H,10,11). The van der Waals surface area contributed by atoms with Gasteiger partial charge in [0.25, 0.3) is 0 Å². The van der Waals surface area contributed by atoms with Crippen molar-refractivity contribution in [3.05, 3.63) is 11.6 Å². The summed E-state index contributed by atoms with van der Waals surface area (Å²) in [4.78, 5) is 10.2. The Balaban J connectivity index is 3.48. The maximum absolute atomic E-state index is 10.2. The Labute approximate surface area is 66.1 Å². The minimum absolute atomic E-state index is 0.356. The quantitative estimate of drug-likeness (QED) is 0.375. The van der Waals surface area contributed by atoms with Crippen LogP contribution in [0.2, 0.25) is 0 Å². The third-order valence-electron chi connectivity index (χ3n) is 1.21. The molecule has 11 heavy (non-hydrogen) atoms. The van der Waals surface area contributed by atoms with Gasteiger partial charge in [0.2, 0.25) is 0 Å². The van der Waals surface area contributed by atoms with E-state index in [0.29, 0.717) is 25.2 Å². The summed E-state index contributed by atoms with van der Waals surface area (Å²) in [6, 6.07) is 0. The highest BCUT2D eigenvalue weighted by molar-refractivity contribution is 5.85. The molecule has 0 amide bonds. The number of carbonyl (C=O) groups is 1. The monoisotopic (exact) mass is 158 g/mol. The number of aliphatic carboxylic acids is 1. The van der Waals surface area contributed by atoms with E-state index in [-0.39, 0.29) is 0 Å². The van der Waals surface area contributed by atoms with Crippen LogP contribution in [0.15, 0.2) is 11.6 Å². The van der Waals surface area contributed by atoms with Crippen molar-refractivity contribution in [2.45, 2.75) is 6.92 Å². The molecule has 0 radical (unpaired) electrons. The van der Waals surface area contributed by atoms with E-state index in [1.54, 1.807) is 13.0 Å². The molecule has 0 spiro atoms. The lowest BCUT2D eigenvalue weighted by Gasteiger charge is -1.97. The van der Waals surface area contributed by atoms with Crippen molar-refractivity contribution in [2.24, 2.45) is 5.73 Å². The molecule has 4 nitrogen and oxygen atoms in total. The number of carboxylic acids is 1. The van der Waals surface area contributed by atoms with Crippen LogP contribution >= 0.6 is 0 Å². The summed E-state index contributed by atoms with van der Waals surface area (Å²) in [6.45, 7) is 3.41. The molecule has 0 fully saturated rings. The van der Waals surface area contributed by atoms with Gasteiger partial charge in [-0.15, -0.1) is 0 Å². The molecule has 4 N–H and O–H groups in total. The van der Waals surface area contributed by atoms with E-state index >= 15 is 0 Å². The second-order valence-corrected chi connectivity index (χ2v) is 2.19. The average Bonchev–Trinajstić information content (AvgIpc) is 1.97. The summed E-state index contributed by atoms with van der Waals surface area (Å²) in [7, 11) is 0. The van der Waals surface area contributed by atoms with Gasteiger partial charge in [0.1, 0.15) is 0 Å². The first-order valence-corrected chi connectivity index (χ1v) is 3.49. The molecular weight excluding hydrogens is 144 g/mol. The van der Waals surface area contributed by atoms with Crippen molar-refractivity contribution in [2.75, 3.05) is 19.6 Å². The van der Waals surface area contributed by atoms with E-state index in [4.69, 9.17) is 10.8 Å². The minimum atomic E-state index is -0.875. The fraction of sp³-hybridized carbons (Fsp3) is 0.571. The van der Waals surface area contributed by atoms with Crippen molar-refractivity contribution in [3.8, 4) is 0 Å². The van der Waals surface area contributed by atoms with E-state index in [9.17, 15) is 4.79 Å². The fourth-order valence-corrected chi connectivity index (χ4v) is 0.517. The molecular formula is C7H14N2O2. The van der Waals surface area contributed by atoms with Crippen molar-refractivity contribution in [1.29, 1.82) is 0 Å². The van der Waals surface area contributed by atoms with Crippen LogP contribution in [-0.2, 0) is 4.79 Å². The Morgan fingerprint density at radius 2 is 2.36 bits per heavy atom. The summed E-state index contributed by atoms with van der Waals surface area (Å²) in [6.07, 6.45) is 1.62. The molecule has 0 rings (SSSR count). The van der Waals surface area contributed by atoms with Crippen molar-refractivity contribution < 1.29 is 9.90 Å². The van der Waals surface area contributed by atoms with Crippen LogP contribution < -0.4 is 11.1 Å². The van der Waals surface area contributed by atoms with E-state index in [1.165, 1.54) is 0 Å². The van der Waals surface area contributed by atoms with Gasteiger partial charge in [0, 0.05) is 25.2 Å². The van der Waals surface area contributed by atoms with Gasteiger partial charge >= 0.3 is 5.97 Å². The van der Waals surface area contributed by atoms with Crippen LogP contribution in [0.1, 0.15) is 6.92 Å². The van der Waals surface area contributed by atoms with Crippen molar-refractivity contribution in [3.63, 3.8) is 0 Å². The summed E-state index contributed by atoms with van der Waals surface area (Å²) in [5, 5.41) is 11.4. The Morgan fingerprint density at radius 3 is 2.82 bits per heavy atom. The first-order chi connectivity index (χ1) is 5.18. The molecule has 4 heteroatoms. The van der Waals surface area contributed by atoms with E-state index < -0.39 is 5.97 Å². The summed E-state index contributed by atoms with van der Waals surface area (Å²) >= 11 is 0. The number of nitrogens with one attached hydrogen (secondary N) is 1. The molecule has 0 aromatic rings. The number of nitrogens with two attached hydrogens (primary N) is 1. The lowest BCUT2D eigenvalue weighted by molar-refractivity contribution is -0.132. The lowest BCUT2D eigenvalue weighted by atomic mass is 10.3. The van der Waals surface area contributed by atoms with E-state index in [2.05, 4.69) is 5.32 Å². The highest BCUT2D eigenvalue weighted by Crippen LogP contribution is 1.88. The largest absolute Gasteiger partial charge is 0.478 e. The number of hydrogen-bond acceptors (Lipinski definition) is 3. The second-order valence-electron chi connectivity index (χ2n) is 2.19. The maximum atomic E-state index is 10.2. The van der Waals surface area contributed by atoms with Gasteiger partial charge in [-0.2, -0.15) is 0 Å². The first-order valence-electron chi connectivity index (χ1n) is 3.49. The zero-order valence-electron chi connectivity index (χ0n) is 6.63. The van der Waals surface area contributed by atoms with Crippen molar-refractivity contribution in [1.82, 2.24) is 5.32 Å². The van der Waals surface area contributed by atoms with E-state index in [0.717, 1.165) is 0 Å². The normalized spacial score (nSPS) is 11.6. The van der Waals surface area contributed by atoms with Crippen LogP contribution in [0.4, 0.5) is 0 Å². The molecule has 0 saturated heterocycles. The molecule has 0 atom stereocenters. The predicted molar refractivity (Wildman–Crippen MR) is 43.3 cm³/mol. The zero-order valence-corrected chi connectivity index (χ0v) is 6.63. The van der Waals surface area contributed by atoms with Crippen LogP contribution in [0.25, 0.3) is 0 Å². The molecule has 0 unspecified atom stereocenters. The second kappa shape index (κ2) is 5.88. The Bertz CT molecular complexity index is 155. The van der Waals surface area contributed by atoms with Gasteiger partial charge in [0.05, 0.1) is 0 Å². The smallest absolute Gasteiger partial charge is 0.330 e. The number of carboxylic acid groups (broad SMARTS) is 1.